The number of fused-ring (bicyclic) bond motifs is 1. The molecule has 0 aliphatic heterocycles. The molecule has 3 rings (SSSR count). The van der Waals surface area contributed by atoms with Crippen molar-refractivity contribution in [1.82, 2.24) is 0 Å². The molecule has 1 aromatic rings. The SMILES string of the molecule is N=C(N)CC1(COC2CCCc3ccccc32)CC1. The van der Waals surface area contributed by atoms with Crippen LogP contribution in [0.4, 0.5) is 0 Å². The van der Waals surface area contributed by atoms with Gasteiger partial charge in [0, 0.05) is 11.8 Å². The zero-order chi connectivity index (χ0) is 13.3. The van der Waals surface area contributed by atoms with Gasteiger partial charge in [-0.15, -0.1) is 0 Å². The Kier molecular flexibility index (Phi) is 3.31. The lowest BCUT2D eigenvalue weighted by Crippen LogP contribution is -2.22. The van der Waals surface area contributed by atoms with E-state index in [-0.39, 0.29) is 11.5 Å². The van der Waals surface area contributed by atoms with Crippen LogP contribution in [0.1, 0.15) is 49.3 Å². The van der Waals surface area contributed by atoms with E-state index in [4.69, 9.17) is 15.9 Å². The van der Waals surface area contributed by atoms with Gasteiger partial charge in [-0.25, -0.2) is 0 Å². The Balaban J connectivity index is 1.64. The van der Waals surface area contributed by atoms with Crippen molar-refractivity contribution in [3.8, 4) is 0 Å². The molecule has 102 valence electrons. The first kappa shape index (κ1) is 12.7. The van der Waals surface area contributed by atoms with E-state index in [9.17, 15) is 0 Å². The molecule has 0 amide bonds. The van der Waals surface area contributed by atoms with Crippen molar-refractivity contribution in [3.05, 3.63) is 35.4 Å². The largest absolute Gasteiger partial charge is 0.388 e. The van der Waals surface area contributed by atoms with Gasteiger partial charge in [0.15, 0.2) is 0 Å². The molecular formula is C16H22N2O. The lowest BCUT2D eigenvalue weighted by Gasteiger charge is -2.27. The van der Waals surface area contributed by atoms with Crippen molar-refractivity contribution in [2.45, 2.75) is 44.6 Å². The van der Waals surface area contributed by atoms with Gasteiger partial charge in [0.2, 0.25) is 0 Å². The Morgan fingerprint density at radius 2 is 2.16 bits per heavy atom. The second kappa shape index (κ2) is 4.97. The first-order valence-electron chi connectivity index (χ1n) is 7.21. The molecule has 1 fully saturated rings. The molecular weight excluding hydrogens is 236 g/mol. The van der Waals surface area contributed by atoms with Gasteiger partial charge >= 0.3 is 0 Å². The highest BCUT2D eigenvalue weighted by atomic mass is 16.5. The first-order valence-corrected chi connectivity index (χ1v) is 7.21. The van der Waals surface area contributed by atoms with Crippen LogP contribution >= 0.6 is 0 Å². The Morgan fingerprint density at radius 1 is 1.37 bits per heavy atom. The Labute approximate surface area is 114 Å². The van der Waals surface area contributed by atoms with Gasteiger partial charge in [0.25, 0.3) is 0 Å². The van der Waals surface area contributed by atoms with Gasteiger partial charge < -0.3 is 10.5 Å². The second-order valence-corrected chi connectivity index (χ2v) is 6.09. The van der Waals surface area contributed by atoms with E-state index in [1.165, 1.54) is 24.0 Å². The van der Waals surface area contributed by atoms with Gasteiger partial charge in [-0.3, -0.25) is 5.41 Å². The van der Waals surface area contributed by atoms with Crippen molar-refractivity contribution in [2.24, 2.45) is 11.1 Å². The molecule has 19 heavy (non-hydrogen) atoms. The van der Waals surface area contributed by atoms with Crippen molar-refractivity contribution < 1.29 is 4.74 Å². The van der Waals surface area contributed by atoms with Gasteiger partial charge in [-0.1, -0.05) is 24.3 Å². The van der Waals surface area contributed by atoms with Crippen LogP contribution in [0, 0.1) is 10.8 Å². The van der Waals surface area contributed by atoms with E-state index < -0.39 is 0 Å². The maximum Gasteiger partial charge on any atom is 0.0911 e. The van der Waals surface area contributed by atoms with Crippen LogP contribution in [-0.2, 0) is 11.2 Å². The molecule has 3 nitrogen and oxygen atoms in total. The van der Waals surface area contributed by atoms with E-state index in [1.54, 1.807) is 0 Å². The molecule has 0 spiro atoms. The van der Waals surface area contributed by atoms with Crippen LogP contribution in [-0.4, -0.2) is 12.4 Å². The van der Waals surface area contributed by atoms with Crippen LogP contribution in [0.15, 0.2) is 24.3 Å². The highest BCUT2D eigenvalue weighted by molar-refractivity contribution is 5.78. The molecule has 3 N–H and O–H groups in total. The number of hydrogen-bond acceptors (Lipinski definition) is 2. The Morgan fingerprint density at radius 3 is 2.89 bits per heavy atom. The quantitative estimate of drug-likeness (QED) is 0.629. The molecule has 1 aromatic carbocycles. The topological polar surface area (TPSA) is 59.1 Å². The van der Waals surface area contributed by atoms with Crippen LogP contribution in [0.25, 0.3) is 0 Å². The van der Waals surface area contributed by atoms with Crippen LogP contribution in [0.3, 0.4) is 0 Å². The van der Waals surface area contributed by atoms with Crippen molar-refractivity contribution in [2.75, 3.05) is 6.61 Å². The molecule has 0 radical (unpaired) electrons. The van der Waals surface area contributed by atoms with Gasteiger partial charge in [-0.2, -0.15) is 0 Å². The average molecular weight is 258 g/mol. The van der Waals surface area contributed by atoms with Crippen molar-refractivity contribution in [3.63, 3.8) is 0 Å². The standard InChI is InChI=1S/C16H22N2O/c17-15(18)10-16(8-9-16)11-19-14-7-3-5-12-4-1-2-6-13(12)14/h1-2,4,6,14H,3,5,7-11H2,(H3,17,18). The molecule has 0 saturated heterocycles. The van der Waals surface area contributed by atoms with E-state index in [0.717, 1.165) is 25.9 Å². The predicted octanol–water partition coefficient (Wildman–Crippen LogP) is 3.19. The Bertz CT molecular complexity index is 479. The molecule has 1 unspecified atom stereocenters. The predicted molar refractivity (Wildman–Crippen MR) is 76.3 cm³/mol. The summed E-state index contributed by atoms with van der Waals surface area (Å²) in [7, 11) is 0. The highest BCUT2D eigenvalue weighted by Crippen LogP contribution is 2.50. The number of nitrogens with two attached hydrogens (primary N) is 1. The van der Waals surface area contributed by atoms with Crippen LogP contribution in [0.2, 0.25) is 0 Å². The molecule has 2 aliphatic rings. The number of benzene rings is 1. The van der Waals surface area contributed by atoms with Gasteiger partial charge in [0.05, 0.1) is 18.5 Å². The number of hydrogen-bond donors (Lipinski definition) is 2. The molecule has 2 aliphatic carbocycles. The number of nitrogens with one attached hydrogen (secondary N) is 1. The van der Waals surface area contributed by atoms with Crippen LogP contribution in [0.5, 0.6) is 0 Å². The third-order valence-electron chi connectivity index (χ3n) is 4.43. The summed E-state index contributed by atoms with van der Waals surface area (Å²) >= 11 is 0. The molecule has 1 atom stereocenters. The molecule has 3 heteroatoms. The first-order chi connectivity index (χ1) is 9.19. The second-order valence-electron chi connectivity index (χ2n) is 6.09. The zero-order valence-corrected chi connectivity index (χ0v) is 11.3. The average Bonchev–Trinajstić information content (AvgIpc) is 3.15. The maximum absolute atomic E-state index is 7.45. The van der Waals surface area contributed by atoms with E-state index >= 15 is 0 Å². The number of aryl methyl sites for hydroxylation is 1. The molecule has 0 bridgehead atoms. The van der Waals surface area contributed by atoms with Crippen LogP contribution < -0.4 is 5.73 Å². The smallest absolute Gasteiger partial charge is 0.0911 e. The Hall–Kier alpha value is -1.35. The van der Waals surface area contributed by atoms with E-state index in [2.05, 4.69) is 24.3 Å². The minimum absolute atomic E-state index is 0.179. The van der Waals surface area contributed by atoms with Crippen molar-refractivity contribution in [1.29, 1.82) is 5.41 Å². The number of ether oxygens (including phenoxy) is 1. The minimum Gasteiger partial charge on any atom is -0.388 e. The fourth-order valence-electron chi connectivity index (χ4n) is 3.11. The monoisotopic (exact) mass is 258 g/mol. The molecule has 0 heterocycles. The lowest BCUT2D eigenvalue weighted by molar-refractivity contribution is 0.0126. The number of amidine groups is 1. The summed E-state index contributed by atoms with van der Waals surface area (Å²) in [6.07, 6.45) is 6.75. The third kappa shape index (κ3) is 2.81. The fourth-order valence-corrected chi connectivity index (χ4v) is 3.11. The van der Waals surface area contributed by atoms with E-state index in [0.29, 0.717) is 12.3 Å². The van der Waals surface area contributed by atoms with E-state index in [1.807, 2.05) is 0 Å². The zero-order valence-electron chi connectivity index (χ0n) is 11.3. The minimum atomic E-state index is 0.179. The summed E-state index contributed by atoms with van der Waals surface area (Å²) in [5, 5.41) is 7.45. The third-order valence-corrected chi connectivity index (χ3v) is 4.43. The van der Waals surface area contributed by atoms with Gasteiger partial charge in [-0.05, 0) is 43.2 Å². The maximum atomic E-state index is 7.45. The normalized spacial score (nSPS) is 23.7. The summed E-state index contributed by atoms with van der Waals surface area (Å²) in [6, 6.07) is 8.62. The summed E-state index contributed by atoms with van der Waals surface area (Å²) in [5.74, 6) is 0.296. The summed E-state index contributed by atoms with van der Waals surface area (Å²) in [6.45, 7) is 0.756. The lowest BCUT2D eigenvalue weighted by atomic mass is 9.89. The van der Waals surface area contributed by atoms with Crippen molar-refractivity contribution >= 4 is 5.84 Å². The van der Waals surface area contributed by atoms with Gasteiger partial charge in [0.1, 0.15) is 0 Å². The highest BCUT2D eigenvalue weighted by Gasteiger charge is 2.44. The summed E-state index contributed by atoms with van der Waals surface area (Å²) < 4.78 is 6.19. The number of rotatable bonds is 5. The molecule has 1 saturated carbocycles. The fraction of sp³-hybridized carbons (Fsp3) is 0.562. The molecule has 0 aromatic heterocycles. The summed E-state index contributed by atoms with van der Waals surface area (Å²) in [5.41, 5.74) is 8.52. The summed E-state index contributed by atoms with van der Waals surface area (Å²) in [4.78, 5) is 0.